The molecule has 0 bridgehead atoms. The van der Waals surface area contributed by atoms with Gasteiger partial charge in [-0.1, -0.05) is 22.0 Å². The summed E-state index contributed by atoms with van der Waals surface area (Å²) in [6, 6.07) is 3.25. The smallest absolute Gasteiger partial charge is 0.326 e. The topological polar surface area (TPSA) is 110 Å². The number of carboxylic acids is 1. The summed E-state index contributed by atoms with van der Waals surface area (Å²) in [4.78, 5) is 33.1. The van der Waals surface area contributed by atoms with Crippen LogP contribution >= 0.6 is 15.9 Å². The van der Waals surface area contributed by atoms with Crippen molar-refractivity contribution in [3.05, 3.63) is 38.3 Å². The number of non-ortho nitro benzene ring substituents is 1. The standard InChI is InChI=1S/C13H13BrN2O5/c14-10-6-9(16(20)21)4-3-8(10)5-11(17)15-12(13(18)19)7-1-2-7/h3-4,6-7,12H,1-2,5H2,(H,15,17)(H,18,19). The molecule has 1 saturated carbocycles. The highest BCUT2D eigenvalue weighted by molar-refractivity contribution is 9.10. The molecule has 7 nitrogen and oxygen atoms in total. The second kappa shape index (κ2) is 6.21. The first kappa shape index (κ1) is 15.4. The molecule has 2 rings (SSSR count). The van der Waals surface area contributed by atoms with Crippen molar-refractivity contribution in [2.45, 2.75) is 25.3 Å². The fourth-order valence-corrected chi connectivity index (χ4v) is 2.51. The Morgan fingerprint density at radius 2 is 2.14 bits per heavy atom. The van der Waals surface area contributed by atoms with Crippen molar-refractivity contribution >= 4 is 33.5 Å². The van der Waals surface area contributed by atoms with Crippen LogP contribution in [-0.4, -0.2) is 27.9 Å². The third-order valence-corrected chi connectivity index (χ3v) is 4.01. The Balaban J connectivity index is 2.02. The number of amides is 1. The average Bonchev–Trinajstić information content (AvgIpc) is 3.22. The number of benzene rings is 1. The molecule has 0 spiro atoms. The van der Waals surface area contributed by atoms with Crippen molar-refractivity contribution in [2.75, 3.05) is 0 Å². The summed E-state index contributed by atoms with van der Waals surface area (Å²) in [6.45, 7) is 0. The number of halogens is 1. The van der Waals surface area contributed by atoms with Crippen LogP contribution in [0, 0.1) is 16.0 Å². The molecule has 1 amide bonds. The van der Waals surface area contributed by atoms with Crippen molar-refractivity contribution in [2.24, 2.45) is 5.92 Å². The van der Waals surface area contributed by atoms with Crippen molar-refractivity contribution < 1.29 is 19.6 Å². The Labute approximate surface area is 128 Å². The van der Waals surface area contributed by atoms with Gasteiger partial charge in [-0.3, -0.25) is 14.9 Å². The maximum atomic E-state index is 11.9. The molecule has 0 aromatic heterocycles. The van der Waals surface area contributed by atoms with Gasteiger partial charge in [0.2, 0.25) is 5.91 Å². The van der Waals surface area contributed by atoms with Gasteiger partial charge in [0.15, 0.2) is 0 Å². The zero-order valence-corrected chi connectivity index (χ0v) is 12.5. The molecule has 0 saturated heterocycles. The SMILES string of the molecule is O=C(Cc1ccc([N+](=O)[O-])cc1Br)NC(C(=O)O)C1CC1. The summed E-state index contributed by atoms with van der Waals surface area (Å²) >= 11 is 3.18. The minimum atomic E-state index is -1.03. The summed E-state index contributed by atoms with van der Waals surface area (Å²) in [5.74, 6) is -1.44. The lowest BCUT2D eigenvalue weighted by molar-refractivity contribution is -0.384. The number of carboxylic acid groups (broad SMARTS) is 1. The van der Waals surface area contributed by atoms with Crippen molar-refractivity contribution in [1.82, 2.24) is 5.32 Å². The highest BCUT2D eigenvalue weighted by Gasteiger charge is 2.37. The van der Waals surface area contributed by atoms with Gasteiger partial charge in [-0.25, -0.2) is 4.79 Å². The van der Waals surface area contributed by atoms with E-state index in [-0.39, 0.29) is 18.0 Å². The minimum Gasteiger partial charge on any atom is -0.480 e. The summed E-state index contributed by atoms with van der Waals surface area (Å²) in [6.07, 6.45) is 1.58. The number of nitro groups is 1. The second-order valence-corrected chi connectivity index (χ2v) is 5.78. The zero-order chi connectivity index (χ0) is 15.6. The Kier molecular flexibility index (Phi) is 4.56. The molecule has 1 aromatic rings. The second-order valence-electron chi connectivity index (χ2n) is 4.93. The molecule has 1 atom stereocenters. The first-order valence-corrected chi connectivity index (χ1v) is 7.12. The molecule has 2 N–H and O–H groups in total. The van der Waals surface area contributed by atoms with Crippen molar-refractivity contribution in [1.29, 1.82) is 0 Å². The van der Waals surface area contributed by atoms with E-state index in [4.69, 9.17) is 5.11 Å². The normalized spacial score (nSPS) is 15.3. The van der Waals surface area contributed by atoms with Crippen LogP contribution in [0.1, 0.15) is 18.4 Å². The van der Waals surface area contributed by atoms with E-state index < -0.39 is 22.8 Å². The zero-order valence-electron chi connectivity index (χ0n) is 10.9. The molecule has 0 radical (unpaired) electrons. The number of rotatable bonds is 6. The van der Waals surface area contributed by atoms with Gasteiger partial charge in [-0.2, -0.15) is 0 Å². The van der Waals surface area contributed by atoms with E-state index in [1.807, 2.05) is 0 Å². The summed E-state index contributed by atoms with van der Waals surface area (Å²) in [5.41, 5.74) is 0.491. The van der Waals surface area contributed by atoms with Gasteiger partial charge in [-0.15, -0.1) is 0 Å². The number of carbonyl (C=O) groups excluding carboxylic acids is 1. The number of aliphatic carboxylic acids is 1. The Morgan fingerprint density at radius 1 is 1.48 bits per heavy atom. The van der Waals surface area contributed by atoms with Gasteiger partial charge in [0.25, 0.3) is 5.69 Å². The largest absolute Gasteiger partial charge is 0.480 e. The van der Waals surface area contributed by atoms with Crippen molar-refractivity contribution in [3.63, 3.8) is 0 Å². The Morgan fingerprint density at radius 3 is 2.62 bits per heavy atom. The summed E-state index contributed by atoms with van der Waals surface area (Å²) in [7, 11) is 0. The third-order valence-electron chi connectivity index (χ3n) is 3.27. The molecule has 1 aromatic carbocycles. The van der Waals surface area contributed by atoms with E-state index in [1.165, 1.54) is 18.2 Å². The quantitative estimate of drug-likeness (QED) is 0.597. The van der Waals surface area contributed by atoms with Crippen LogP contribution in [0.25, 0.3) is 0 Å². The van der Waals surface area contributed by atoms with Crippen molar-refractivity contribution in [3.8, 4) is 0 Å². The minimum absolute atomic E-state index is 0.00625. The molecule has 1 aliphatic rings. The van der Waals surface area contributed by atoms with Gasteiger partial charge in [0.05, 0.1) is 11.3 Å². The monoisotopic (exact) mass is 356 g/mol. The van der Waals surface area contributed by atoms with E-state index in [0.717, 1.165) is 12.8 Å². The van der Waals surface area contributed by atoms with Gasteiger partial charge >= 0.3 is 5.97 Å². The van der Waals surface area contributed by atoms with E-state index in [2.05, 4.69) is 21.2 Å². The van der Waals surface area contributed by atoms with Crippen LogP contribution < -0.4 is 5.32 Å². The van der Waals surface area contributed by atoms with E-state index >= 15 is 0 Å². The molecule has 0 aliphatic heterocycles. The van der Waals surface area contributed by atoms with Crippen LogP contribution in [-0.2, 0) is 16.0 Å². The predicted octanol–water partition coefficient (Wildman–Crippen LogP) is 1.88. The molecule has 112 valence electrons. The fourth-order valence-electron chi connectivity index (χ4n) is 2.00. The molecule has 1 unspecified atom stereocenters. The van der Waals surface area contributed by atoms with E-state index in [1.54, 1.807) is 0 Å². The highest BCUT2D eigenvalue weighted by Crippen LogP contribution is 2.32. The first-order valence-electron chi connectivity index (χ1n) is 6.33. The highest BCUT2D eigenvalue weighted by atomic mass is 79.9. The lowest BCUT2D eigenvalue weighted by Crippen LogP contribution is -2.43. The molecule has 1 fully saturated rings. The third kappa shape index (κ3) is 4.01. The molecule has 21 heavy (non-hydrogen) atoms. The summed E-state index contributed by atoms with van der Waals surface area (Å²) < 4.78 is 0.449. The Hall–Kier alpha value is -1.96. The van der Waals surface area contributed by atoms with Crippen LogP contribution in [0.4, 0.5) is 5.69 Å². The molecule has 8 heteroatoms. The maximum Gasteiger partial charge on any atom is 0.326 e. The number of nitrogens with one attached hydrogen (secondary N) is 1. The first-order chi connectivity index (χ1) is 9.88. The number of hydrogen-bond donors (Lipinski definition) is 2. The van der Waals surface area contributed by atoms with Crippen LogP contribution in [0.2, 0.25) is 0 Å². The lowest BCUT2D eigenvalue weighted by Gasteiger charge is -2.13. The lowest BCUT2D eigenvalue weighted by atomic mass is 10.1. The van der Waals surface area contributed by atoms with Crippen LogP contribution in [0.15, 0.2) is 22.7 Å². The molecule has 0 heterocycles. The van der Waals surface area contributed by atoms with Gasteiger partial charge in [-0.05, 0) is 24.3 Å². The number of nitro benzene ring substituents is 1. The predicted molar refractivity (Wildman–Crippen MR) is 76.8 cm³/mol. The number of carbonyl (C=O) groups is 2. The molecule has 1 aliphatic carbocycles. The summed E-state index contributed by atoms with van der Waals surface area (Å²) in [5, 5.41) is 22.2. The fraction of sp³-hybridized carbons (Fsp3) is 0.385. The van der Waals surface area contributed by atoms with Gasteiger partial charge in [0, 0.05) is 16.6 Å². The van der Waals surface area contributed by atoms with Crippen LogP contribution in [0.3, 0.4) is 0 Å². The number of nitrogens with zero attached hydrogens (tertiary/aromatic N) is 1. The van der Waals surface area contributed by atoms with E-state index in [9.17, 15) is 19.7 Å². The van der Waals surface area contributed by atoms with Gasteiger partial charge < -0.3 is 10.4 Å². The van der Waals surface area contributed by atoms with Gasteiger partial charge in [0.1, 0.15) is 6.04 Å². The Bertz CT molecular complexity index is 600. The maximum absolute atomic E-state index is 11.9. The number of hydrogen-bond acceptors (Lipinski definition) is 4. The average molecular weight is 357 g/mol. The van der Waals surface area contributed by atoms with Crippen LogP contribution in [0.5, 0.6) is 0 Å². The van der Waals surface area contributed by atoms with E-state index in [0.29, 0.717) is 10.0 Å². The molecular formula is C13H13BrN2O5. The molecular weight excluding hydrogens is 344 g/mol.